The Kier molecular flexibility index (Phi) is 4.49. The van der Waals surface area contributed by atoms with E-state index in [9.17, 15) is 4.79 Å². The molecular weight excluding hydrogens is 342 g/mol. The lowest BCUT2D eigenvalue weighted by Crippen LogP contribution is -2.14. The Hall–Kier alpha value is -2.27. The highest BCUT2D eigenvalue weighted by molar-refractivity contribution is 7.15. The average Bonchev–Trinajstić information content (AvgIpc) is 3.01. The predicted molar refractivity (Wildman–Crippen MR) is 107 cm³/mol. The van der Waals surface area contributed by atoms with E-state index < -0.39 is 0 Å². The molecule has 1 aliphatic carbocycles. The van der Waals surface area contributed by atoms with Gasteiger partial charge in [0.2, 0.25) is 0 Å². The van der Waals surface area contributed by atoms with Gasteiger partial charge in [0.1, 0.15) is 0 Å². The van der Waals surface area contributed by atoms with Crippen molar-refractivity contribution in [2.45, 2.75) is 46.0 Å². The first-order chi connectivity index (χ1) is 12.5. The van der Waals surface area contributed by atoms with Gasteiger partial charge in [0.05, 0.1) is 16.8 Å². The Morgan fingerprint density at radius 2 is 2.08 bits per heavy atom. The van der Waals surface area contributed by atoms with Crippen molar-refractivity contribution in [3.05, 3.63) is 52.2 Å². The van der Waals surface area contributed by atoms with Gasteiger partial charge in [-0.1, -0.05) is 39.0 Å². The first-order valence-electron chi connectivity index (χ1n) is 9.21. The van der Waals surface area contributed by atoms with Gasteiger partial charge in [-0.25, -0.2) is 4.98 Å². The van der Waals surface area contributed by atoms with E-state index in [0.29, 0.717) is 16.6 Å². The molecule has 4 rings (SSSR count). The van der Waals surface area contributed by atoms with Crippen molar-refractivity contribution < 1.29 is 4.79 Å². The first kappa shape index (κ1) is 17.2. The Bertz CT molecular complexity index is 977. The summed E-state index contributed by atoms with van der Waals surface area (Å²) in [5.41, 5.74) is 3.61. The van der Waals surface area contributed by atoms with E-state index >= 15 is 0 Å². The van der Waals surface area contributed by atoms with Crippen LogP contribution in [0.5, 0.6) is 0 Å². The fourth-order valence-corrected chi connectivity index (χ4v) is 4.60. The Morgan fingerprint density at radius 1 is 1.27 bits per heavy atom. The predicted octanol–water partition coefficient (Wildman–Crippen LogP) is 5.19. The number of aromatic nitrogens is 2. The number of pyridine rings is 1. The lowest BCUT2D eigenvalue weighted by molar-refractivity contribution is 0.102. The molecule has 0 bridgehead atoms. The van der Waals surface area contributed by atoms with Crippen molar-refractivity contribution in [3.63, 3.8) is 0 Å². The molecule has 1 atom stereocenters. The number of para-hydroxylation sites is 1. The molecule has 0 radical (unpaired) electrons. The second-order valence-corrected chi connectivity index (χ2v) is 8.54. The molecule has 4 nitrogen and oxygen atoms in total. The molecule has 1 N–H and O–H groups in total. The molecular formula is C21H23N3OS. The van der Waals surface area contributed by atoms with Gasteiger partial charge in [-0.3, -0.25) is 15.1 Å². The van der Waals surface area contributed by atoms with Gasteiger partial charge in [0.15, 0.2) is 5.13 Å². The highest BCUT2D eigenvalue weighted by Crippen LogP contribution is 2.32. The van der Waals surface area contributed by atoms with E-state index in [1.807, 2.05) is 30.3 Å². The van der Waals surface area contributed by atoms with Gasteiger partial charge in [-0.15, -0.1) is 11.3 Å². The van der Waals surface area contributed by atoms with E-state index in [1.165, 1.54) is 11.3 Å². The topological polar surface area (TPSA) is 54.9 Å². The van der Waals surface area contributed by atoms with Crippen molar-refractivity contribution in [3.8, 4) is 0 Å². The maximum Gasteiger partial charge on any atom is 0.258 e. The molecule has 0 saturated carbocycles. The molecule has 134 valence electrons. The third-order valence-electron chi connectivity index (χ3n) is 4.98. The fraction of sp³-hybridized carbons (Fsp3) is 0.381. The summed E-state index contributed by atoms with van der Waals surface area (Å²) in [6.45, 7) is 6.46. The number of benzene rings is 1. The van der Waals surface area contributed by atoms with Crippen molar-refractivity contribution >= 4 is 33.3 Å². The van der Waals surface area contributed by atoms with Crippen LogP contribution in [0.1, 0.15) is 59.7 Å². The smallest absolute Gasteiger partial charge is 0.258 e. The third kappa shape index (κ3) is 3.23. The van der Waals surface area contributed by atoms with Gasteiger partial charge >= 0.3 is 0 Å². The zero-order valence-electron chi connectivity index (χ0n) is 15.4. The van der Waals surface area contributed by atoms with Crippen LogP contribution < -0.4 is 5.32 Å². The minimum atomic E-state index is -0.107. The van der Waals surface area contributed by atoms with Crippen LogP contribution in [-0.4, -0.2) is 15.9 Å². The van der Waals surface area contributed by atoms with E-state index in [-0.39, 0.29) is 11.8 Å². The van der Waals surface area contributed by atoms with Gasteiger partial charge in [0.25, 0.3) is 5.91 Å². The molecule has 0 saturated heterocycles. The highest BCUT2D eigenvalue weighted by Gasteiger charge is 2.21. The molecule has 2 aromatic heterocycles. The molecule has 0 spiro atoms. The summed E-state index contributed by atoms with van der Waals surface area (Å²) >= 11 is 1.62. The number of nitrogens with one attached hydrogen (secondary N) is 1. The van der Waals surface area contributed by atoms with Gasteiger partial charge in [-0.05, 0) is 43.2 Å². The quantitative estimate of drug-likeness (QED) is 0.695. The first-order valence-corrected chi connectivity index (χ1v) is 10.0. The fourth-order valence-electron chi connectivity index (χ4n) is 3.44. The summed E-state index contributed by atoms with van der Waals surface area (Å²) < 4.78 is 0. The summed E-state index contributed by atoms with van der Waals surface area (Å²) in [4.78, 5) is 23.7. The lowest BCUT2D eigenvalue weighted by Gasteiger charge is -2.15. The molecule has 2 heterocycles. The third-order valence-corrected chi connectivity index (χ3v) is 6.01. The molecule has 0 aliphatic heterocycles. The molecule has 5 heteroatoms. The van der Waals surface area contributed by atoms with Crippen LogP contribution in [0.25, 0.3) is 10.9 Å². The van der Waals surface area contributed by atoms with Crippen LogP contribution in [0.4, 0.5) is 5.13 Å². The zero-order chi connectivity index (χ0) is 18.3. The second-order valence-electron chi connectivity index (χ2n) is 7.46. The number of thiazole rings is 1. The number of amides is 1. The number of nitrogens with zero attached hydrogens (tertiary/aromatic N) is 2. The summed E-state index contributed by atoms with van der Waals surface area (Å²) in [6.07, 6.45) is 3.26. The summed E-state index contributed by atoms with van der Waals surface area (Å²) in [5, 5.41) is 4.62. The van der Waals surface area contributed by atoms with E-state index in [1.54, 1.807) is 11.3 Å². The summed E-state index contributed by atoms with van der Waals surface area (Å²) in [7, 11) is 0. The maximum absolute atomic E-state index is 13.0. The number of hydrogen-bond donors (Lipinski definition) is 1. The number of aryl methyl sites for hydroxylation is 1. The SMILES string of the molecule is CC1CCc2nc(NC(=O)c3cc(C(C)C)nc4ccccc34)sc2C1. The molecule has 1 aliphatic rings. The molecule has 1 amide bonds. The molecule has 1 unspecified atom stereocenters. The van der Waals surface area contributed by atoms with Crippen LogP contribution in [-0.2, 0) is 12.8 Å². The van der Waals surface area contributed by atoms with Crippen LogP contribution in [0, 0.1) is 5.92 Å². The summed E-state index contributed by atoms with van der Waals surface area (Å²) in [6, 6.07) is 9.73. The minimum absolute atomic E-state index is 0.107. The summed E-state index contributed by atoms with van der Waals surface area (Å²) in [5.74, 6) is 0.855. The monoisotopic (exact) mass is 365 g/mol. The minimum Gasteiger partial charge on any atom is -0.298 e. The molecule has 1 aromatic carbocycles. The highest BCUT2D eigenvalue weighted by atomic mass is 32.1. The van der Waals surface area contributed by atoms with Crippen molar-refractivity contribution in [1.29, 1.82) is 0 Å². The van der Waals surface area contributed by atoms with Gasteiger partial charge in [-0.2, -0.15) is 0 Å². The number of carbonyl (C=O) groups is 1. The maximum atomic E-state index is 13.0. The molecule has 26 heavy (non-hydrogen) atoms. The lowest BCUT2D eigenvalue weighted by atomic mass is 9.93. The van der Waals surface area contributed by atoms with Crippen LogP contribution in [0.3, 0.4) is 0 Å². The normalized spacial score (nSPS) is 16.7. The standard InChI is InChI=1S/C21H23N3OS/c1-12(2)18-11-15(14-6-4-5-7-16(14)22-18)20(25)24-21-23-17-9-8-13(3)10-19(17)26-21/h4-7,11-13H,8-10H2,1-3H3,(H,23,24,25). The average molecular weight is 366 g/mol. The van der Waals surface area contributed by atoms with Crippen LogP contribution in [0.15, 0.2) is 30.3 Å². The molecule has 3 aromatic rings. The second kappa shape index (κ2) is 6.80. The van der Waals surface area contributed by atoms with Gasteiger partial charge in [0, 0.05) is 16.0 Å². The Labute approximate surface area is 157 Å². The number of rotatable bonds is 3. The van der Waals surface area contributed by atoms with E-state index in [4.69, 9.17) is 4.98 Å². The Morgan fingerprint density at radius 3 is 2.88 bits per heavy atom. The zero-order valence-corrected chi connectivity index (χ0v) is 16.2. The van der Waals surface area contributed by atoms with Crippen molar-refractivity contribution in [1.82, 2.24) is 9.97 Å². The van der Waals surface area contributed by atoms with Crippen LogP contribution in [0.2, 0.25) is 0 Å². The van der Waals surface area contributed by atoms with Crippen LogP contribution >= 0.6 is 11.3 Å². The van der Waals surface area contributed by atoms with Gasteiger partial charge < -0.3 is 0 Å². The largest absolute Gasteiger partial charge is 0.298 e. The number of carbonyl (C=O) groups excluding carboxylic acids is 1. The molecule has 0 fully saturated rings. The van der Waals surface area contributed by atoms with E-state index in [0.717, 1.165) is 35.1 Å². The Balaban J connectivity index is 1.68. The number of fused-ring (bicyclic) bond motifs is 2. The van der Waals surface area contributed by atoms with Crippen molar-refractivity contribution in [2.75, 3.05) is 5.32 Å². The number of anilines is 1. The van der Waals surface area contributed by atoms with Crippen molar-refractivity contribution in [2.24, 2.45) is 5.92 Å². The van der Waals surface area contributed by atoms with E-state index in [2.05, 4.69) is 31.1 Å². The number of hydrogen-bond acceptors (Lipinski definition) is 4.